The Kier molecular flexibility index (Phi) is 9.53. The summed E-state index contributed by atoms with van der Waals surface area (Å²) in [6, 6.07) is 0.104. The van der Waals surface area contributed by atoms with Crippen molar-refractivity contribution in [3.63, 3.8) is 0 Å². The summed E-state index contributed by atoms with van der Waals surface area (Å²) in [4.78, 5) is 63.2. The second kappa shape index (κ2) is 11.8. The number of hydrogen-bond acceptors (Lipinski definition) is 10. The number of H-pyrrole nitrogens is 1. The molecule has 1 amide bonds. The van der Waals surface area contributed by atoms with E-state index < -0.39 is 65.1 Å². The third kappa shape index (κ3) is 9.56. The van der Waals surface area contributed by atoms with E-state index in [-0.39, 0.29) is 18.9 Å². The molecule has 13 nitrogen and oxygen atoms in total. The number of nitrogens with zero attached hydrogens (tertiary/aromatic N) is 1. The quantitative estimate of drug-likeness (QED) is 0.397. The van der Waals surface area contributed by atoms with Crippen LogP contribution in [0.15, 0.2) is 21.9 Å². The van der Waals surface area contributed by atoms with Crippen molar-refractivity contribution in [1.29, 1.82) is 0 Å². The fraction of sp³-hybridized carbons (Fsp3) is 0.708. The Morgan fingerprint density at radius 1 is 1.11 bits per heavy atom. The van der Waals surface area contributed by atoms with Crippen molar-refractivity contribution in [3.05, 3.63) is 33.1 Å². The van der Waals surface area contributed by atoms with Gasteiger partial charge in [0.25, 0.3) is 5.56 Å². The second-order valence-corrected chi connectivity index (χ2v) is 11.0. The van der Waals surface area contributed by atoms with E-state index in [1.807, 2.05) is 0 Å². The number of hydrogen-bond donors (Lipinski definition) is 2. The second-order valence-electron chi connectivity index (χ2n) is 11.0. The summed E-state index contributed by atoms with van der Waals surface area (Å²) < 4.78 is 28.2. The average Bonchev–Trinajstić information content (AvgIpc) is 3.09. The lowest BCUT2D eigenvalue weighted by molar-refractivity contribution is -0.157. The molecule has 1 aliphatic rings. The summed E-state index contributed by atoms with van der Waals surface area (Å²) >= 11 is 0. The molecule has 0 spiro atoms. The van der Waals surface area contributed by atoms with Crippen molar-refractivity contribution >= 4 is 18.2 Å². The Labute approximate surface area is 214 Å². The molecule has 0 unspecified atom stereocenters. The minimum absolute atomic E-state index is 0.0112. The molecule has 1 aromatic rings. The zero-order chi connectivity index (χ0) is 28.1. The zero-order valence-corrected chi connectivity index (χ0v) is 22.5. The molecule has 1 aromatic heterocycles. The topological polar surface area (TPSA) is 164 Å². The number of amides is 1. The molecule has 13 heteroatoms. The highest BCUT2D eigenvalue weighted by molar-refractivity contribution is 5.81. The summed E-state index contributed by atoms with van der Waals surface area (Å²) in [7, 11) is 0. The van der Waals surface area contributed by atoms with Crippen molar-refractivity contribution in [2.24, 2.45) is 5.92 Å². The first kappa shape index (κ1) is 29.9. The molecule has 0 aromatic carbocycles. The van der Waals surface area contributed by atoms with Crippen LogP contribution < -0.4 is 16.6 Å². The molecule has 1 saturated heterocycles. The van der Waals surface area contributed by atoms with Crippen molar-refractivity contribution in [1.82, 2.24) is 14.9 Å². The van der Waals surface area contributed by atoms with Crippen LogP contribution in [-0.2, 0) is 28.5 Å². The number of nitrogens with one attached hydrogen (secondary N) is 2. The number of aromatic nitrogens is 2. The molecule has 1 aliphatic heterocycles. The van der Waals surface area contributed by atoms with Gasteiger partial charge in [-0.05, 0) is 47.5 Å². The molecule has 2 heterocycles. The van der Waals surface area contributed by atoms with Gasteiger partial charge in [-0.3, -0.25) is 14.3 Å². The van der Waals surface area contributed by atoms with Crippen molar-refractivity contribution < 1.29 is 38.1 Å². The van der Waals surface area contributed by atoms with Crippen molar-refractivity contribution in [3.8, 4) is 0 Å². The minimum Gasteiger partial charge on any atom is -0.458 e. The van der Waals surface area contributed by atoms with E-state index >= 15 is 0 Å². The van der Waals surface area contributed by atoms with Crippen LogP contribution in [0.25, 0.3) is 0 Å². The largest absolute Gasteiger partial charge is 0.508 e. The van der Waals surface area contributed by atoms with E-state index in [2.05, 4.69) is 10.3 Å². The van der Waals surface area contributed by atoms with Gasteiger partial charge in [0, 0.05) is 18.7 Å². The number of esters is 1. The lowest BCUT2D eigenvalue weighted by atomic mass is 10.0. The van der Waals surface area contributed by atoms with Gasteiger partial charge >= 0.3 is 23.9 Å². The Bertz CT molecular complexity index is 1080. The average molecular weight is 528 g/mol. The van der Waals surface area contributed by atoms with E-state index in [1.165, 1.54) is 6.20 Å². The molecule has 0 radical (unpaired) electrons. The summed E-state index contributed by atoms with van der Waals surface area (Å²) in [6.07, 6.45) is -3.31. The molecule has 0 aliphatic carbocycles. The monoisotopic (exact) mass is 527 g/mol. The number of carbonyl (C=O) groups is 3. The van der Waals surface area contributed by atoms with Crippen LogP contribution in [0.1, 0.15) is 68.0 Å². The minimum atomic E-state index is -1.04. The zero-order valence-electron chi connectivity index (χ0n) is 22.5. The molecule has 2 N–H and O–H groups in total. The van der Waals surface area contributed by atoms with Gasteiger partial charge in [-0.25, -0.2) is 19.2 Å². The Morgan fingerprint density at radius 3 is 2.27 bits per heavy atom. The number of rotatable bonds is 7. The van der Waals surface area contributed by atoms with Crippen LogP contribution in [0.3, 0.4) is 0 Å². The van der Waals surface area contributed by atoms with E-state index in [0.29, 0.717) is 0 Å². The Balaban J connectivity index is 2.20. The van der Waals surface area contributed by atoms with Gasteiger partial charge in [0.15, 0.2) is 0 Å². The van der Waals surface area contributed by atoms with Crippen molar-refractivity contribution in [2.45, 2.75) is 97.5 Å². The molecule has 2 rings (SSSR count). The van der Waals surface area contributed by atoms with Gasteiger partial charge in [-0.2, -0.15) is 0 Å². The lowest BCUT2D eigenvalue weighted by Gasteiger charge is -2.26. The van der Waals surface area contributed by atoms with E-state index in [4.69, 9.17) is 23.7 Å². The van der Waals surface area contributed by atoms with E-state index in [0.717, 1.165) is 10.6 Å². The van der Waals surface area contributed by atoms with Crippen LogP contribution in [0.5, 0.6) is 0 Å². The van der Waals surface area contributed by atoms with Crippen LogP contribution in [0.2, 0.25) is 0 Å². The first-order chi connectivity index (χ1) is 16.9. The van der Waals surface area contributed by atoms with Gasteiger partial charge in [0.1, 0.15) is 42.3 Å². The third-order valence-electron chi connectivity index (χ3n) is 4.96. The Hall–Kier alpha value is -3.35. The molecule has 37 heavy (non-hydrogen) atoms. The molecular formula is C24H37N3O10. The van der Waals surface area contributed by atoms with E-state index in [1.54, 1.807) is 55.4 Å². The number of alkyl carbamates (subject to hydrolysis) is 1. The van der Waals surface area contributed by atoms with Crippen molar-refractivity contribution in [2.75, 3.05) is 6.61 Å². The molecular weight excluding hydrogens is 490 g/mol. The summed E-state index contributed by atoms with van der Waals surface area (Å²) in [5.41, 5.74) is -2.86. The van der Waals surface area contributed by atoms with E-state index in [9.17, 15) is 24.0 Å². The summed E-state index contributed by atoms with van der Waals surface area (Å²) in [5, 5.41) is 2.52. The van der Waals surface area contributed by atoms with Gasteiger partial charge in [-0.1, -0.05) is 13.8 Å². The summed E-state index contributed by atoms with van der Waals surface area (Å²) in [5.74, 6) is -1.11. The van der Waals surface area contributed by atoms with Crippen LogP contribution in [-0.4, -0.2) is 63.8 Å². The van der Waals surface area contributed by atoms with Gasteiger partial charge in [-0.15, -0.1) is 0 Å². The number of carbonyl (C=O) groups excluding carboxylic acids is 3. The highest BCUT2D eigenvalue weighted by Gasteiger charge is 2.42. The predicted molar refractivity (Wildman–Crippen MR) is 130 cm³/mol. The molecule has 0 saturated carbocycles. The van der Waals surface area contributed by atoms with Crippen LogP contribution in [0.4, 0.5) is 9.59 Å². The SMILES string of the molecule is CC(C)[C@H](NC(=O)OC(C)(C)C)C(=O)O[C@H]1C[C@H](n2ccc(=O)[nH]c2=O)O[C@@H]1COC(=O)OC(C)(C)C. The van der Waals surface area contributed by atoms with Gasteiger partial charge < -0.3 is 29.0 Å². The first-order valence-corrected chi connectivity index (χ1v) is 12.0. The van der Waals surface area contributed by atoms with Gasteiger partial charge in [0.2, 0.25) is 0 Å². The smallest absolute Gasteiger partial charge is 0.458 e. The normalized spacial score (nSPS) is 20.7. The number of ether oxygens (including phenoxy) is 5. The summed E-state index contributed by atoms with van der Waals surface area (Å²) in [6.45, 7) is 13.2. The predicted octanol–water partition coefficient (Wildman–Crippen LogP) is 2.24. The van der Waals surface area contributed by atoms with Crippen LogP contribution in [0, 0.1) is 5.92 Å². The van der Waals surface area contributed by atoms with Gasteiger partial charge in [0.05, 0.1) is 0 Å². The molecule has 4 atom stereocenters. The maximum Gasteiger partial charge on any atom is 0.508 e. The first-order valence-electron chi connectivity index (χ1n) is 12.0. The fourth-order valence-corrected chi connectivity index (χ4v) is 3.38. The molecule has 208 valence electrons. The Morgan fingerprint density at radius 2 is 1.73 bits per heavy atom. The number of aromatic amines is 1. The fourth-order valence-electron chi connectivity index (χ4n) is 3.38. The maximum atomic E-state index is 13.1. The third-order valence-corrected chi connectivity index (χ3v) is 4.96. The highest BCUT2D eigenvalue weighted by Crippen LogP contribution is 2.31. The molecule has 0 bridgehead atoms. The molecule has 1 fully saturated rings. The maximum absolute atomic E-state index is 13.1. The highest BCUT2D eigenvalue weighted by atomic mass is 16.7. The standard InChI is InChI=1S/C24H37N3O10/c1-13(2)18(26-21(31)36-23(3,4)5)19(29)35-14-11-17(27-10-9-16(28)25-20(27)30)34-15(14)12-33-22(32)37-24(6,7)8/h9-10,13-15,17-18H,11-12H2,1-8H3,(H,26,31)(H,25,28,30)/t14-,15+,17+,18-/m0/s1. The van der Waals surface area contributed by atoms with Crippen LogP contribution >= 0.6 is 0 Å². The lowest BCUT2D eigenvalue weighted by Crippen LogP contribution is -2.48.